The van der Waals surface area contributed by atoms with Crippen molar-refractivity contribution in [2.45, 2.75) is 53.9 Å². The number of rotatable bonds is 9. The molecule has 0 rings (SSSR count). The van der Waals surface area contributed by atoms with Gasteiger partial charge in [0.2, 0.25) is 0 Å². The van der Waals surface area contributed by atoms with Gasteiger partial charge in [-0.1, -0.05) is 79.5 Å². The molecule has 0 aliphatic rings. The third-order valence-corrected chi connectivity index (χ3v) is 3.22. The minimum absolute atomic E-state index is 0.0969. The van der Waals surface area contributed by atoms with E-state index in [9.17, 15) is 0 Å². The van der Waals surface area contributed by atoms with Gasteiger partial charge in [-0.3, -0.25) is 0 Å². The Labute approximate surface area is 131 Å². The maximum Gasteiger partial charge on any atom is 0.0617 e. The van der Waals surface area contributed by atoms with Gasteiger partial charge in [-0.2, -0.15) is 0 Å². The fourth-order valence-corrected chi connectivity index (χ4v) is 1.86. The van der Waals surface area contributed by atoms with Gasteiger partial charge in [-0.05, 0) is 39.5 Å². The first-order valence-corrected chi connectivity index (χ1v) is 7.92. The van der Waals surface area contributed by atoms with Crippen molar-refractivity contribution in [1.29, 1.82) is 0 Å². The first kappa shape index (κ1) is 19.7. The Bertz CT molecular complexity index is 417. The number of aliphatic hydroxyl groups excluding tert-OH is 1. The highest BCUT2D eigenvalue weighted by molar-refractivity contribution is 5.28. The molecule has 0 radical (unpaired) electrons. The van der Waals surface area contributed by atoms with Crippen LogP contribution in [0.2, 0.25) is 0 Å². The quantitative estimate of drug-likeness (QED) is 0.535. The second kappa shape index (κ2) is 12.4. The highest BCUT2D eigenvalue weighted by Crippen LogP contribution is 2.11. The van der Waals surface area contributed by atoms with Gasteiger partial charge in [0, 0.05) is 0 Å². The van der Waals surface area contributed by atoms with E-state index in [4.69, 9.17) is 5.11 Å². The van der Waals surface area contributed by atoms with Crippen LogP contribution < -0.4 is 0 Å². The van der Waals surface area contributed by atoms with E-state index in [1.807, 2.05) is 19.1 Å². The van der Waals surface area contributed by atoms with Crippen LogP contribution >= 0.6 is 0 Å². The van der Waals surface area contributed by atoms with Crippen LogP contribution in [0, 0.1) is 5.92 Å². The molecule has 118 valence electrons. The van der Waals surface area contributed by atoms with Gasteiger partial charge >= 0.3 is 0 Å². The summed E-state index contributed by atoms with van der Waals surface area (Å²) in [5.74, 6) is 0.800. The number of allylic oxidation sites excluding steroid dienone is 9. The maximum absolute atomic E-state index is 8.76. The summed E-state index contributed by atoms with van der Waals surface area (Å²) in [5, 5.41) is 8.76. The van der Waals surface area contributed by atoms with Crippen LogP contribution in [-0.2, 0) is 0 Å². The Morgan fingerprint density at radius 1 is 0.952 bits per heavy atom. The number of aliphatic hydroxyl groups is 1. The molecule has 0 saturated heterocycles. The fraction of sp³-hybridized carbons (Fsp3) is 0.500. The zero-order valence-electron chi connectivity index (χ0n) is 14.4. The van der Waals surface area contributed by atoms with E-state index < -0.39 is 0 Å². The SMILES string of the molecule is CC(/C=C/C=C(\C)CCCC(C)C)=C\C=C\C(C)=C\CO. The van der Waals surface area contributed by atoms with E-state index in [1.165, 1.54) is 30.4 Å². The maximum atomic E-state index is 8.76. The molecule has 21 heavy (non-hydrogen) atoms. The molecule has 1 nitrogen and oxygen atoms in total. The molecule has 0 aromatic rings. The lowest BCUT2D eigenvalue weighted by molar-refractivity contribution is 0.342. The summed E-state index contributed by atoms with van der Waals surface area (Å²) >= 11 is 0. The van der Waals surface area contributed by atoms with E-state index in [-0.39, 0.29) is 6.61 Å². The Kier molecular flexibility index (Phi) is 11.6. The van der Waals surface area contributed by atoms with E-state index in [0.29, 0.717) is 0 Å². The molecule has 0 saturated carbocycles. The van der Waals surface area contributed by atoms with Crippen LogP contribution in [0.5, 0.6) is 0 Å². The average Bonchev–Trinajstić information content (AvgIpc) is 2.38. The number of hydrogen-bond donors (Lipinski definition) is 1. The lowest BCUT2D eigenvalue weighted by Gasteiger charge is -2.03. The molecule has 1 N–H and O–H groups in total. The highest BCUT2D eigenvalue weighted by Gasteiger charge is 1.94. The van der Waals surface area contributed by atoms with Gasteiger partial charge < -0.3 is 5.11 Å². The van der Waals surface area contributed by atoms with Crippen LogP contribution in [0.3, 0.4) is 0 Å². The highest BCUT2D eigenvalue weighted by atomic mass is 16.2. The third kappa shape index (κ3) is 13.4. The largest absolute Gasteiger partial charge is 0.392 e. The predicted molar refractivity (Wildman–Crippen MR) is 95.3 cm³/mol. The summed E-state index contributed by atoms with van der Waals surface area (Å²) < 4.78 is 0. The molecule has 0 aliphatic heterocycles. The van der Waals surface area contributed by atoms with Gasteiger partial charge in [0.15, 0.2) is 0 Å². The predicted octanol–water partition coefficient (Wildman–Crippen LogP) is 5.76. The zero-order valence-corrected chi connectivity index (χ0v) is 14.4. The molecule has 0 aromatic carbocycles. The smallest absolute Gasteiger partial charge is 0.0617 e. The average molecular weight is 288 g/mol. The van der Waals surface area contributed by atoms with Crippen molar-refractivity contribution in [3.05, 3.63) is 59.3 Å². The van der Waals surface area contributed by atoms with Gasteiger partial charge in [0.05, 0.1) is 6.61 Å². The first-order valence-electron chi connectivity index (χ1n) is 7.92. The van der Waals surface area contributed by atoms with Crippen molar-refractivity contribution < 1.29 is 5.11 Å². The Morgan fingerprint density at radius 3 is 2.19 bits per heavy atom. The second-order valence-electron chi connectivity index (χ2n) is 6.06. The normalized spacial score (nSPS) is 14.9. The molecule has 0 bridgehead atoms. The van der Waals surface area contributed by atoms with Crippen LogP contribution in [0.25, 0.3) is 0 Å². The lowest BCUT2D eigenvalue weighted by atomic mass is 10.0. The van der Waals surface area contributed by atoms with E-state index in [2.05, 4.69) is 52.0 Å². The molecule has 0 unspecified atom stereocenters. The molecule has 0 spiro atoms. The summed E-state index contributed by atoms with van der Waals surface area (Å²) in [6, 6.07) is 0. The van der Waals surface area contributed by atoms with E-state index >= 15 is 0 Å². The van der Waals surface area contributed by atoms with Crippen molar-refractivity contribution in [2.75, 3.05) is 6.61 Å². The first-order chi connectivity index (χ1) is 9.95. The summed E-state index contributed by atoms with van der Waals surface area (Å²) in [6.07, 6.45) is 18.1. The minimum Gasteiger partial charge on any atom is -0.392 e. The summed E-state index contributed by atoms with van der Waals surface area (Å²) in [5.41, 5.74) is 3.73. The Hall–Kier alpha value is -1.34. The van der Waals surface area contributed by atoms with E-state index in [0.717, 1.165) is 11.5 Å². The standard InChI is InChI=1S/C20H32O/c1-17(2)9-6-10-18(3)11-7-12-19(4)13-8-14-20(5)15-16-21/h7-8,11-15,17,21H,6,9-10,16H2,1-5H3/b12-7+,14-8+,18-11+,19-13+,20-15+. The van der Waals surface area contributed by atoms with Crippen molar-refractivity contribution in [2.24, 2.45) is 5.92 Å². The summed E-state index contributed by atoms with van der Waals surface area (Å²) in [6.45, 7) is 10.9. The molecule has 1 heteroatoms. The zero-order chi connectivity index (χ0) is 16.1. The molecule has 0 amide bonds. The molecule has 0 aromatic heterocycles. The summed E-state index contributed by atoms with van der Waals surface area (Å²) in [4.78, 5) is 0. The lowest BCUT2D eigenvalue weighted by Crippen LogP contribution is -1.87. The molecular weight excluding hydrogens is 256 g/mol. The van der Waals surface area contributed by atoms with Gasteiger partial charge in [-0.15, -0.1) is 0 Å². The molecule has 0 aliphatic carbocycles. The minimum atomic E-state index is 0.0969. The number of hydrogen-bond acceptors (Lipinski definition) is 1. The van der Waals surface area contributed by atoms with Crippen molar-refractivity contribution in [3.63, 3.8) is 0 Å². The topological polar surface area (TPSA) is 20.2 Å². The fourth-order valence-electron chi connectivity index (χ4n) is 1.86. The molecule has 0 heterocycles. The van der Waals surface area contributed by atoms with Crippen LogP contribution in [0.15, 0.2) is 59.3 Å². The van der Waals surface area contributed by atoms with Crippen molar-refractivity contribution >= 4 is 0 Å². The van der Waals surface area contributed by atoms with Crippen molar-refractivity contribution in [1.82, 2.24) is 0 Å². The molecular formula is C20H32O. The van der Waals surface area contributed by atoms with Crippen LogP contribution in [-0.4, -0.2) is 11.7 Å². The molecule has 0 fully saturated rings. The molecule has 0 atom stereocenters. The second-order valence-corrected chi connectivity index (χ2v) is 6.06. The monoisotopic (exact) mass is 288 g/mol. The van der Waals surface area contributed by atoms with Gasteiger partial charge in [-0.25, -0.2) is 0 Å². The van der Waals surface area contributed by atoms with E-state index in [1.54, 1.807) is 6.08 Å². The Morgan fingerprint density at radius 2 is 1.57 bits per heavy atom. The van der Waals surface area contributed by atoms with Gasteiger partial charge in [0.25, 0.3) is 0 Å². The van der Waals surface area contributed by atoms with Gasteiger partial charge in [0.1, 0.15) is 0 Å². The Balaban J connectivity index is 4.24. The summed E-state index contributed by atoms with van der Waals surface area (Å²) in [7, 11) is 0. The van der Waals surface area contributed by atoms with Crippen molar-refractivity contribution in [3.8, 4) is 0 Å². The van der Waals surface area contributed by atoms with Crippen LogP contribution in [0.1, 0.15) is 53.9 Å². The third-order valence-electron chi connectivity index (χ3n) is 3.22. The van der Waals surface area contributed by atoms with Crippen LogP contribution in [0.4, 0.5) is 0 Å².